The Morgan fingerprint density at radius 2 is 1.97 bits per heavy atom. The number of nitrogens with zero attached hydrogens (tertiary/aromatic N) is 3. The zero-order valence-corrected chi connectivity index (χ0v) is 17.9. The molecule has 31 heavy (non-hydrogen) atoms. The predicted molar refractivity (Wildman–Crippen MR) is 124 cm³/mol. The number of amides is 1. The van der Waals surface area contributed by atoms with E-state index in [1.165, 1.54) is 22.8 Å². The Labute approximate surface area is 187 Å². The van der Waals surface area contributed by atoms with Gasteiger partial charge in [-0.3, -0.25) is 10.2 Å². The predicted octanol–water partition coefficient (Wildman–Crippen LogP) is 5.58. The molecular weight excluding hydrogens is 432 g/mol. The Bertz CT molecular complexity index is 1340. The number of hydrazone groups is 1. The van der Waals surface area contributed by atoms with E-state index < -0.39 is 5.91 Å². The van der Waals surface area contributed by atoms with Crippen LogP contribution < -0.4 is 0 Å². The largest absolute Gasteiger partial charge is 0.457 e. The average molecular weight is 447 g/mol. The topological polar surface area (TPSA) is 82.0 Å². The first kappa shape index (κ1) is 19.5. The van der Waals surface area contributed by atoms with E-state index in [1.54, 1.807) is 18.2 Å². The van der Waals surface area contributed by atoms with Crippen molar-refractivity contribution in [2.24, 2.45) is 10.1 Å². The number of benzene rings is 2. The van der Waals surface area contributed by atoms with Crippen LogP contribution >= 0.6 is 23.4 Å². The van der Waals surface area contributed by atoms with Gasteiger partial charge in [-0.2, -0.15) is 15.1 Å². The van der Waals surface area contributed by atoms with Crippen molar-refractivity contribution in [3.05, 3.63) is 88.1 Å². The van der Waals surface area contributed by atoms with Crippen molar-refractivity contribution < 1.29 is 9.21 Å². The average Bonchev–Trinajstić information content (AvgIpc) is 3.39. The lowest BCUT2D eigenvalue weighted by Gasteiger charge is -2.19. The van der Waals surface area contributed by atoms with E-state index in [0.717, 1.165) is 16.7 Å². The fraction of sp³-hybridized carbons (Fsp3) is 0.0435. The lowest BCUT2D eigenvalue weighted by atomic mass is 10.1. The van der Waals surface area contributed by atoms with Crippen LogP contribution in [0.5, 0.6) is 0 Å². The Kier molecular flexibility index (Phi) is 4.84. The van der Waals surface area contributed by atoms with Crippen molar-refractivity contribution in [2.45, 2.75) is 6.92 Å². The van der Waals surface area contributed by atoms with Crippen LogP contribution in [-0.2, 0) is 4.79 Å². The summed E-state index contributed by atoms with van der Waals surface area (Å²) in [6, 6.07) is 18.7. The lowest BCUT2D eigenvalue weighted by Crippen LogP contribution is -2.35. The minimum absolute atomic E-state index is 0.0409. The Morgan fingerprint density at radius 1 is 1.13 bits per heavy atom. The first-order valence-corrected chi connectivity index (χ1v) is 10.6. The maximum absolute atomic E-state index is 12.6. The highest BCUT2D eigenvalue weighted by Gasteiger charge is 2.36. The fourth-order valence-electron chi connectivity index (χ4n) is 3.27. The Balaban J connectivity index is 1.46. The molecule has 2 aliphatic heterocycles. The van der Waals surface area contributed by atoms with Crippen LogP contribution in [0.4, 0.5) is 0 Å². The number of hydrogen-bond acceptors (Lipinski definition) is 5. The summed E-state index contributed by atoms with van der Waals surface area (Å²) in [6.45, 7) is 2.00. The normalized spacial score (nSPS) is 17.1. The Hall–Kier alpha value is -3.42. The molecule has 8 heteroatoms. The van der Waals surface area contributed by atoms with E-state index >= 15 is 0 Å². The number of carbonyl (C=O) groups is 1. The molecule has 0 radical (unpaired) electrons. The minimum atomic E-state index is -0.500. The van der Waals surface area contributed by atoms with Crippen LogP contribution in [-0.4, -0.2) is 27.0 Å². The molecule has 0 saturated carbocycles. The van der Waals surface area contributed by atoms with Crippen molar-refractivity contribution in [2.75, 3.05) is 0 Å². The highest BCUT2D eigenvalue weighted by atomic mass is 35.5. The van der Waals surface area contributed by atoms with Gasteiger partial charge in [-0.05, 0) is 55.1 Å². The van der Waals surface area contributed by atoms with E-state index in [-0.39, 0.29) is 11.4 Å². The summed E-state index contributed by atoms with van der Waals surface area (Å²) in [4.78, 5) is 16.8. The molecule has 0 atom stereocenters. The van der Waals surface area contributed by atoms with Crippen molar-refractivity contribution in [3.63, 3.8) is 0 Å². The molecule has 6 nitrogen and oxygen atoms in total. The smallest absolute Gasteiger partial charge is 0.283 e. The number of hydrogen-bond donors (Lipinski definition) is 1. The third kappa shape index (κ3) is 3.62. The summed E-state index contributed by atoms with van der Waals surface area (Å²) in [5.74, 6) is 0.463. The van der Waals surface area contributed by atoms with Crippen molar-refractivity contribution in [1.82, 2.24) is 5.01 Å². The number of furan rings is 1. The summed E-state index contributed by atoms with van der Waals surface area (Å²) in [5, 5.41) is 16.1. The maximum Gasteiger partial charge on any atom is 0.283 e. The maximum atomic E-state index is 12.6. The minimum Gasteiger partial charge on any atom is -0.457 e. The number of aryl methyl sites for hydroxylation is 1. The van der Waals surface area contributed by atoms with Crippen LogP contribution in [0.2, 0.25) is 5.02 Å². The number of aliphatic imine (C=N–C) groups is 1. The lowest BCUT2D eigenvalue weighted by molar-refractivity contribution is -0.114. The van der Waals surface area contributed by atoms with Crippen molar-refractivity contribution in [1.29, 1.82) is 5.41 Å². The molecule has 2 aliphatic rings. The second-order valence-corrected chi connectivity index (χ2v) is 8.34. The molecule has 1 amide bonds. The number of fused-ring (bicyclic) bond motifs is 1. The van der Waals surface area contributed by atoms with E-state index in [1.807, 2.05) is 49.4 Å². The molecule has 0 spiro atoms. The van der Waals surface area contributed by atoms with Gasteiger partial charge in [-0.1, -0.05) is 47.5 Å². The van der Waals surface area contributed by atoms with E-state index in [0.29, 0.717) is 26.8 Å². The van der Waals surface area contributed by atoms with Gasteiger partial charge in [0.15, 0.2) is 5.84 Å². The van der Waals surface area contributed by atoms with Crippen LogP contribution in [0.3, 0.4) is 0 Å². The molecular formula is C23H15ClN4O2S. The van der Waals surface area contributed by atoms with E-state index in [2.05, 4.69) is 10.1 Å². The van der Waals surface area contributed by atoms with Crippen LogP contribution in [0.25, 0.3) is 17.4 Å². The van der Waals surface area contributed by atoms with Gasteiger partial charge in [0.25, 0.3) is 5.91 Å². The summed E-state index contributed by atoms with van der Waals surface area (Å²) in [7, 11) is 0. The van der Waals surface area contributed by atoms with E-state index in [4.69, 9.17) is 21.4 Å². The number of nitrogens with one attached hydrogen (secondary N) is 1. The molecule has 5 rings (SSSR count). The molecule has 1 aromatic heterocycles. The molecule has 2 aromatic carbocycles. The Morgan fingerprint density at radius 3 is 2.77 bits per heavy atom. The molecule has 152 valence electrons. The van der Waals surface area contributed by atoms with Gasteiger partial charge in [-0.25, -0.2) is 0 Å². The van der Waals surface area contributed by atoms with Gasteiger partial charge < -0.3 is 4.42 Å². The molecule has 0 unspecified atom stereocenters. The van der Waals surface area contributed by atoms with Crippen molar-refractivity contribution >= 4 is 51.4 Å². The highest BCUT2D eigenvalue weighted by Crippen LogP contribution is 2.33. The van der Waals surface area contributed by atoms with Gasteiger partial charge in [-0.15, -0.1) is 0 Å². The van der Waals surface area contributed by atoms with Gasteiger partial charge in [0.05, 0.1) is 10.6 Å². The summed E-state index contributed by atoms with van der Waals surface area (Å²) < 4.78 is 5.85. The molecule has 3 heterocycles. The SMILES string of the molecule is Cc1cccc(C2=NN3C(=N)/C(=C\c4ccc(-c5ccccc5Cl)o4)C(=O)N=C3S2)c1. The molecule has 1 N–H and O–H groups in total. The van der Waals surface area contributed by atoms with Gasteiger partial charge >= 0.3 is 0 Å². The molecule has 0 aliphatic carbocycles. The number of thioether (sulfide) groups is 1. The highest BCUT2D eigenvalue weighted by molar-refractivity contribution is 8.27. The van der Waals surface area contributed by atoms with Crippen LogP contribution in [0, 0.1) is 12.3 Å². The molecule has 0 saturated heterocycles. The first-order chi connectivity index (χ1) is 15.0. The van der Waals surface area contributed by atoms with E-state index in [9.17, 15) is 4.79 Å². The first-order valence-electron chi connectivity index (χ1n) is 9.41. The second-order valence-electron chi connectivity index (χ2n) is 6.98. The molecule has 0 fully saturated rings. The third-order valence-electron chi connectivity index (χ3n) is 4.77. The zero-order valence-electron chi connectivity index (χ0n) is 16.3. The zero-order chi connectivity index (χ0) is 21.5. The number of amidine groups is 2. The van der Waals surface area contributed by atoms with Gasteiger partial charge in [0.1, 0.15) is 16.6 Å². The van der Waals surface area contributed by atoms with Crippen LogP contribution in [0.15, 0.2) is 80.7 Å². The molecule has 3 aromatic rings. The monoisotopic (exact) mass is 446 g/mol. The van der Waals surface area contributed by atoms with Gasteiger partial charge in [0, 0.05) is 11.1 Å². The summed E-state index contributed by atoms with van der Waals surface area (Å²) in [6.07, 6.45) is 1.51. The summed E-state index contributed by atoms with van der Waals surface area (Å²) >= 11 is 7.51. The molecule has 0 bridgehead atoms. The van der Waals surface area contributed by atoms with Crippen LogP contribution in [0.1, 0.15) is 16.9 Å². The number of carbonyl (C=O) groups excluding carboxylic acids is 1. The standard InChI is InChI=1S/C23H15ClN4O2S/c1-13-5-4-6-14(11-13)22-27-28-20(25)17(21(29)26-23(28)31-22)12-15-9-10-19(30-15)16-7-2-3-8-18(16)24/h2-12,25H,1H3/b17-12+,25-20?. The number of rotatable bonds is 3. The fourth-order valence-corrected chi connectivity index (χ4v) is 4.38. The number of halogens is 1. The third-order valence-corrected chi connectivity index (χ3v) is 6.06. The quantitative estimate of drug-likeness (QED) is 0.533. The second kappa shape index (κ2) is 7.68. The van der Waals surface area contributed by atoms with Crippen molar-refractivity contribution in [3.8, 4) is 11.3 Å². The van der Waals surface area contributed by atoms with Gasteiger partial charge in [0.2, 0.25) is 5.17 Å². The summed E-state index contributed by atoms with van der Waals surface area (Å²) in [5.41, 5.74) is 2.89.